The van der Waals surface area contributed by atoms with Crippen molar-refractivity contribution in [1.82, 2.24) is 4.90 Å². The fourth-order valence-corrected chi connectivity index (χ4v) is 2.73. The molecule has 0 fully saturated rings. The minimum atomic E-state index is -5.08. The van der Waals surface area contributed by atoms with E-state index in [1.54, 1.807) is 0 Å². The molecule has 12 heteroatoms. The summed E-state index contributed by atoms with van der Waals surface area (Å²) in [5.74, 6) is -0.789. The molecule has 0 aromatic heterocycles. The standard InChI is InChI=1S/C19H15F9N2O/c1-10(31)30(9-12-6-13(17(20,21)22)2-3-16(12)29)8-11-4-14(18(23,24)25)7-15(5-11)19(26,27)28/h2-7H,8-9,29H2,1H3. The lowest BCUT2D eigenvalue weighted by atomic mass is 10.0. The average molecular weight is 458 g/mol. The molecule has 0 spiro atoms. The number of amides is 1. The van der Waals surface area contributed by atoms with Crippen molar-refractivity contribution >= 4 is 11.6 Å². The monoisotopic (exact) mass is 458 g/mol. The highest BCUT2D eigenvalue weighted by Gasteiger charge is 2.37. The van der Waals surface area contributed by atoms with Crippen LogP contribution in [-0.4, -0.2) is 10.8 Å². The van der Waals surface area contributed by atoms with E-state index in [1.807, 2.05) is 0 Å². The number of nitrogens with zero attached hydrogens (tertiary/aromatic N) is 1. The van der Waals surface area contributed by atoms with Crippen LogP contribution in [0.2, 0.25) is 0 Å². The molecular formula is C19H15F9N2O. The summed E-state index contributed by atoms with van der Waals surface area (Å²) in [5, 5.41) is 0. The minimum absolute atomic E-state index is 0.0631. The van der Waals surface area contributed by atoms with Crippen LogP contribution in [0.25, 0.3) is 0 Å². The van der Waals surface area contributed by atoms with Gasteiger partial charge in [-0.25, -0.2) is 0 Å². The molecular weight excluding hydrogens is 443 g/mol. The van der Waals surface area contributed by atoms with Gasteiger partial charge in [-0.1, -0.05) is 0 Å². The molecule has 2 aromatic rings. The SMILES string of the molecule is CC(=O)N(Cc1cc(C(F)(F)F)cc(C(F)(F)F)c1)Cc1cc(C(F)(F)F)ccc1N. The van der Waals surface area contributed by atoms with Gasteiger partial charge in [0, 0.05) is 25.7 Å². The van der Waals surface area contributed by atoms with E-state index in [0.29, 0.717) is 24.3 Å². The van der Waals surface area contributed by atoms with Gasteiger partial charge in [-0.2, -0.15) is 39.5 Å². The van der Waals surface area contributed by atoms with Gasteiger partial charge >= 0.3 is 18.5 Å². The summed E-state index contributed by atoms with van der Waals surface area (Å²) in [5.41, 5.74) is 0.641. The summed E-state index contributed by atoms with van der Waals surface area (Å²) >= 11 is 0. The Kier molecular flexibility index (Phi) is 6.53. The van der Waals surface area contributed by atoms with Crippen molar-refractivity contribution in [2.75, 3.05) is 5.73 Å². The third-order valence-corrected chi connectivity index (χ3v) is 4.30. The van der Waals surface area contributed by atoms with Gasteiger partial charge < -0.3 is 10.6 Å². The molecule has 0 saturated carbocycles. The smallest absolute Gasteiger partial charge is 0.398 e. The molecule has 0 atom stereocenters. The lowest BCUT2D eigenvalue weighted by Gasteiger charge is -2.24. The maximum absolute atomic E-state index is 13.0. The van der Waals surface area contributed by atoms with Crippen LogP contribution in [0.1, 0.15) is 34.7 Å². The normalized spacial score (nSPS) is 12.7. The first-order valence-electron chi connectivity index (χ1n) is 8.48. The van der Waals surface area contributed by atoms with Crippen molar-refractivity contribution in [3.8, 4) is 0 Å². The number of halogens is 9. The Hall–Kier alpha value is -2.92. The van der Waals surface area contributed by atoms with Crippen LogP contribution in [0.4, 0.5) is 45.2 Å². The van der Waals surface area contributed by atoms with E-state index >= 15 is 0 Å². The molecule has 0 heterocycles. The van der Waals surface area contributed by atoms with Gasteiger partial charge in [-0.15, -0.1) is 0 Å². The molecule has 0 aliphatic rings. The quantitative estimate of drug-likeness (QED) is 0.460. The number of carbonyl (C=O) groups is 1. The van der Waals surface area contributed by atoms with Crippen LogP contribution in [0.15, 0.2) is 36.4 Å². The third kappa shape index (κ3) is 6.28. The maximum atomic E-state index is 13.0. The van der Waals surface area contributed by atoms with Crippen LogP contribution in [0.5, 0.6) is 0 Å². The molecule has 31 heavy (non-hydrogen) atoms. The first kappa shape index (κ1) is 24.4. The highest BCUT2D eigenvalue weighted by atomic mass is 19.4. The van der Waals surface area contributed by atoms with Crippen LogP contribution in [0, 0.1) is 0 Å². The van der Waals surface area contributed by atoms with Crippen molar-refractivity contribution in [3.05, 3.63) is 64.2 Å². The van der Waals surface area contributed by atoms with Gasteiger partial charge in [-0.3, -0.25) is 4.79 Å². The zero-order valence-electron chi connectivity index (χ0n) is 15.7. The molecule has 170 valence electrons. The van der Waals surface area contributed by atoms with Crippen molar-refractivity contribution in [2.45, 2.75) is 38.5 Å². The highest BCUT2D eigenvalue weighted by Crippen LogP contribution is 2.37. The number of nitrogens with two attached hydrogens (primary N) is 1. The second kappa shape index (κ2) is 8.31. The number of carbonyl (C=O) groups excluding carboxylic acids is 1. The molecule has 0 aliphatic carbocycles. The van der Waals surface area contributed by atoms with Gasteiger partial charge in [0.1, 0.15) is 0 Å². The Bertz CT molecular complexity index is 930. The van der Waals surface area contributed by atoms with Gasteiger partial charge in [0.2, 0.25) is 5.91 Å². The lowest BCUT2D eigenvalue weighted by molar-refractivity contribution is -0.143. The number of hydrogen-bond donors (Lipinski definition) is 1. The Balaban J connectivity index is 2.44. The molecule has 2 aromatic carbocycles. The third-order valence-electron chi connectivity index (χ3n) is 4.30. The predicted octanol–water partition coefficient (Wildman–Crippen LogP) is 5.87. The fraction of sp³-hybridized carbons (Fsp3) is 0.316. The summed E-state index contributed by atoms with van der Waals surface area (Å²) in [4.78, 5) is 12.7. The van der Waals surface area contributed by atoms with Crippen LogP contribution in [-0.2, 0) is 36.4 Å². The van der Waals surface area contributed by atoms with Crippen LogP contribution < -0.4 is 5.73 Å². The highest BCUT2D eigenvalue weighted by molar-refractivity contribution is 5.73. The van der Waals surface area contributed by atoms with Crippen molar-refractivity contribution in [3.63, 3.8) is 0 Å². The molecule has 0 unspecified atom stereocenters. The first-order chi connectivity index (χ1) is 14.0. The largest absolute Gasteiger partial charge is 0.416 e. The number of nitrogen functional groups attached to an aromatic ring is 1. The van der Waals surface area contributed by atoms with Gasteiger partial charge in [0.15, 0.2) is 0 Å². The number of anilines is 1. The average Bonchev–Trinajstić information content (AvgIpc) is 2.60. The summed E-state index contributed by atoms with van der Waals surface area (Å²) in [6.07, 6.45) is -14.9. The fourth-order valence-electron chi connectivity index (χ4n) is 2.73. The molecule has 0 bridgehead atoms. The summed E-state index contributed by atoms with van der Waals surface area (Å²) < 4.78 is 117. The Morgan fingerprint density at radius 3 is 1.68 bits per heavy atom. The van der Waals surface area contributed by atoms with Crippen LogP contribution >= 0.6 is 0 Å². The topological polar surface area (TPSA) is 46.3 Å². The zero-order chi connectivity index (χ0) is 23.8. The van der Waals surface area contributed by atoms with Crippen molar-refractivity contribution in [1.29, 1.82) is 0 Å². The minimum Gasteiger partial charge on any atom is -0.398 e. The predicted molar refractivity (Wildman–Crippen MR) is 92.2 cm³/mol. The number of benzene rings is 2. The van der Waals surface area contributed by atoms with E-state index in [1.165, 1.54) is 0 Å². The molecule has 0 aliphatic heterocycles. The van der Waals surface area contributed by atoms with Crippen molar-refractivity contribution < 1.29 is 44.3 Å². The second-order valence-electron chi connectivity index (χ2n) is 6.70. The van der Waals surface area contributed by atoms with Gasteiger partial charge in [0.05, 0.1) is 16.7 Å². The lowest BCUT2D eigenvalue weighted by Crippen LogP contribution is -2.28. The van der Waals surface area contributed by atoms with E-state index in [9.17, 15) is 44.3 Å². The van der Waals surface area contributed by atoms with Crippen LogP contribution in [0.3, 0.4) is 0 Å². The summed E-state index contributed by atoms with van der Waals surface area (Å²) in [7, 11) is 0. The molecule has 3 nitrogen and oxygen atoms in total. The molecule has 0 radical (unpaired) electrons. The van der Waals surface area contributed by atoms with Gasteiger partial charge in [-0.05, 0) is 47.5 Å². The molecule has 2 rings (SSSR count). The van der Waals surface area contributed by atoms with E-state index in [-0.39, 0.29) is 17.3 Å². The Morgan fingerprint density at radius 1 is 0.774 bits per heavy atom. The van der Waals surface area contributed by atoms with E-state index in [4.69, 9.17) is 5.73 Å². The first-order valence-corrected chi connectivity index (χ1v) is 8.48. The van der Waals surface area contributed by atoms with E-state index in [0.717, 1.165) is 17.9 Å². The zero-order valence-corrected chi connectivity index (χ0v) is 15.7. The Morgan fingerprint density at radius 2 is 1.26 bits per heavy atom. The van der Waals surface area contributed by atoms with Crippen molar-refractivity contribution in [2.24, 2.45) is 0 Å². The molecule has 2 N–H and O–H groups in total. The second-order valence-corrected chi connectivity index (χ2v) is 6.70. The Labute approximate surface area is 170 Å². The van der Waals surface area contributed by atoms with Gasteiger partial charge in [0.25, 0.3) is 0 Å². The molecule has 0 saturated heterocycles. The number of hydrogen-bond acceptors (Lipinski definition) is 2. The van der Waals surface area contributed by atoms with E-state index < -0.39 is 59.8 Å². The van der Waals surface area contributed by atoms with E-state index in [2.05, 4.69) is 0 Å². The summed E-state index contributed by atoms with van der Waals surface area (Å²) in [6.45, 7) is -0.289. The maximum Gasteiger partial charge on any atom is 0.416 e. The number of alkyl halides is 9. The number of rotatable bonds is 4. The summed E-state index contributed by atoms with van der Waals surface area (Å²) in [6, 6.07) is 3.15. The molecule has 1 amide bonds.